The maximum Gasteiger partial charge on any atom is 0.326 e. The number of hydrogen-bond acceptors (Lipinski definition) is 3. The Morgan fingerprint density at radius 3 is 3.00 bits per heavy atom. The summed E-state index contributed by atoms with van der Waals surface area (Å²) in [6.07, 6.45) is 4.11. The lowest BCUT2D eigenvalue weighted by atomic mass is 10.1. The molecule has 0 fully saturated rings. The van der Waals surface area contributed by atoms with Crippen LogP contribution < -0.4 is 5.32 Å². The number of nitrogens with zero attached hydrogens (tertiary/aromatic N) is 1. The Morgan fingerprint density at radius 2 is 2.44 bits per heavy atom. The number of carboxylic acid groups (broad SMARTS) is 1. The topological polar surface area (TPSA) is 62.2 Å². The number of nitrogens with one attached hydrogen (secondary N) is 1. The van der Waals surface area contributed by atoms with Gasteiger partial charge in [-0.25, -0.2) is 9.78 Å². The first-order chi connectivity index (χ1) is 7.63. The first-order valence-electron chi connectivity index (χ1n) is 5.24. The fourth-order valence-electron chi connectivity index (χ4n) is 1.33. The van der Waals surface area contributed by atoms with Gasteiger partial charge in [0.2, 0.25) is 0 Å². The van der Waals surface area contributed by atoms with E-state index in [1.807, 2.05) is 6.92 Å². The van der Waals surface area contributed by atoms with E-state index in [1.165, 1.54) is 0 Å². The van der Waals surface area contributed by atoms with E-state index >= 15 is 0 Å². The van der Waals surface area contributed by atoms with E-state index in [2.05, 4.69) is 26.2 Å². The quantitative estimate of drug-likeness (QED) is 0.844. The molecular weight excluding hydrogens is 272 g/mol. The summed E-state index contributed by atoms with van der Waals surface area (Å²) in [6.45, 7) is 2.04. The van der Waals surface area contributed by atoms with E-state index in [-0.39, 0.29) is 0 Å². The van der Waals surface area contributed by atoms with Crippen molar-refractivity contribution in [1.82, 2.24) is 4.98 Å². The fraction of sp³-hybridized carbons (Fsp3) is 0.455. The van der Waals surface area contributed by atoms with Gasteiger partial charge in [0.05, 0.1) is 0 Å². The summed E-state index contributed by atoms with van der Waals surface area (Å²) in [7, 11) is 0. The molecule has 0 saturated carbocycles. The van der Waals surface area contributed by atoms with Crippen LogP contribution >= 0.6 is 15.9 Å². The van der Waals surface area contributed by atoms with Gasteiger partial charge in [-0.05, 0) is 18.6 Å². The summed E-state index contributed by atoms with van der Waals surface area (Å²) in [5.41, 5.74) is 0. The highest BCUT2D eigenvalue weighted by atomic mass is 79.9. The van der Waals surface area contributed by atoms with Crippen LogP contribution in [0.4, 0.5) is 5.82 Å². The molecule has 0 aliphatic heterocycles. The number of carboxylic acids is 1. The van der Waals surface area contributed by atoms with Gasteiger partial charge in [0.1, 0.15) is 11.9 Å². The number of halogens is 1. The average Bonchev–Trinajstić information content (AvgIpc) is 2.24. The lowest BCUT2D eigenvalue weighted by Gasteiger charge is -2.14. The Bertz CT molecular complexity index is 358. The van der Waals surface area contributed by atoms with E-state index in [0.717, 1.165) is 17.3 Å². The lowest BCUT2D eigenvalue weighted by Crippen LogP contribution is -2.29. The number of unbranched alkanes of at least 4 members (excludes halogenated alkanes) is 1. The maximum absolute atomic E-state index is 11.0. The molecular formula is C11H15BrN2O2. The van der Waals surface area contributed by atoms with Gasteiger partial charge in [-0.3, -0.25) is 0 Å². The number of anilines is 1. The summed E-state index contributed by atoms with van der Waals surface area (Å²) in [5, 5.41) is 11.9. The molecule has 0 radical (unpaired) electrons. The van der Waals surface area contributed by atoms with Crippen molar-refractivity contribution < 1.29 is 9.90 Å². The van der Waals surface area contributed by atoms with Crippen molar-refractivity contribution in [2.24, 2.45) is 0 Å². The molecule has 4 nitrogen and oxygen atoms in total. The molecule has 5 heteroatoms. The highest BCUT2D eigenvalue weighted by Crippen LogP contribution is 2.15. The van der Waals surface area contributed by atoms with Gasteiger partial charge in [-0.15, -0.1) is 0 Å². The predicted molar refractivity (Wildman–Crippen MR) is 66.5 cm³/mol. The Balaban J connectivity index is 2.64. The molecule has 0 aliphatic carbocycles. The molecule has 0 amide bonds. The van der Waals surface area contributed by atoms with Crippen LogP contribution in [-0.4, -0.2) is 22.1 Å². The molecule has 0 aromatic carbocycles. The Kier molecular flexibility index (Phi) is 5.25. The summed E-state index contributed by atoms with van der Waals surface area (Å²) in [6, 6.07) is 3.00. The van der Waals surface area contributed by atoms with Crippen LogP contribution in [0.2, 0.25) is 0 Å². The van der Waals surface area contributed by atoms with Gasteiger partial charge < -0.3 is 10.4 Å². The third-order valence-electron chi connectivity index (χ3n) is 2.19. The minimum absolute atomic E-state index is 0.568. The van der Waals surface area contributed by atoms with Crippen molar-refractivity contribution in [2.45, 2.75) is 32.2 Å². The summed E-state index contributed by atoms with van der Waals surface area (Å²) in [5.74, 6) is -0.256. The molecule has 0 aliphatic rings. The summed E-state index contributed by atoms with van der Waals surface area (Å²) in [4.78, 5) is 15.1. The molecule has 0 bridgehead atoms. The molecule has 0 spiro atoms. The van der Waals surface area contributed by atoms with Crippen LogP contribution in [0.15, 0.2) is 22.8 Å². The normalized spacial score (nSPS) is 12.1. The van der Waals surface area contributed by atoms with Crippen molar-refractivity contribution in [3.63, 3.8) is 0 Å². The average molecular weight is 287 g/mol. The van der Waals surface area contributed by atoms with Crippen LogP contribution in [0.3, 0.4) is 0 Å². The first kappa shape index (κ1) is 13.0. The van der Waals surface area contributed by atoms with Gasteiger partial charge >= 0.3 is 5.97 Å². The second kappa shape index (κ2) is 6.48. The van der Waals surface area contributed by atoms with E-state index < -0.39 is 12.0 Å². The van der Waals surface area contributed by atoms with Crippen molar-refractivity contribution in [1.29, 1.82) is 0 Å². The van der Waals surface area contributed by atoms with Crippen LogP contribution in [0.5, 0.6) is 0 Å². The van der Waals surface area contributed by atoms with Gasteiger partial charge in [0, 0.05) is 10.7 Å². The molecule has 88 valence electrons. The van der Waals surface area contributed by atoms with Gasteiger partial charge in [0.15, 0.2) is 0 Å². The Hall–Kier alpha value is -1.10. The Morgan fingerprint density at radius 1 is 1.69 bits per heavy atom. The van der Waals surface area contributed by atoms with E-state index in [0.29, 0.717) is 12.2 Å². The van der Waals surface area contributed by atoms with Crippen LogP contribution in [-0.2, 0) is 4.79 Å². The van der Waals surface area contributed by atoms with Crippen molar-refractivity contribution in [3.05, 3.63) is 22.8 Å². The SMILES string of the molecule is CCCC[C@H](Nc1cc(Br)ccn1)C(=O)O. The zero-order valence-electron chi connectivity index (χ0n) is 9.11. The van der Waals surface area contributed by atoms with Crippen molar-refractivity contribution in [2.75, 3.05) is 5.32 Å². The zero-order valence-corrected chi connectivity index (χ0v) is 10.7. The number of pyridine rings is 1. The second-order valence-electron chi connectivity index (χ2n) is 3.54. The number of rotatable bonds is 6. The lowest BCUT2D eigenvalue weighted by molar-refractivity contribution is -0.138. The van der Waals surface area contributed by atoms with Crippen LogP contribution in [0.25, 0.3) is 0 Å². The number of carbonyl (C=O) groups is 1. The molecule has 1 aromatic rings. The highest BCUT2D eigenvalue weighted by Gasteiger charge is 2.16. The molecule has 0 unspecified atom stereocenters. The molecule has 2 N–H and O–H groups in total. The van der Waals surface area contributed by atoms with Crippen LogP contribution in [0, 0.1) is 0 Å². The number of hydrogen-bond donors (Lipinski definition) is 2. The Labute approximate surface area is 103 Å². The standard InChI is InChI=1S/C11H15BrN2O2/c1-2-3-4-9(11(15)16)14-10-7-8(12)5-6-13-10/h5-7,9H,2-4H2,1H3,(H,13,14)(H,15,16)/t9-/m0/s1. The predicted octanol–water partition coefficient (Wildman–Crippen LogP) is 2.90. The third kappa shape index (κ3) is 4.18. The zero-order chi connectivity index (χ0) is 12.0. The van der Waals surface area contributed by atoms with Crippen molar-refractivity contribution in [3.8, 4) is 0 Å². The van der Waals surface area contributed by atoms with E-state index in [4.69, 9.17) is 5.11 Å². The van der Waals surface area contributed by atoms with E-state index in [9.17, 15) is 4.79 Å². The fourth-order valence-corrected chi connectivity index (χ4v) is 1.66. The van der Waals surface area contributed by atoms with E-state index in [1.54, 1.807) is 18.3 Å². The first-order valence-corrected chi connectivity index (χ1v) is 6.03. The smallest absolute Gasteiger partial charge is 0.326 e. The van der Waals surface area contributed by atoms with Gasteiger partial charge in [-0.1, -0.05) is 35.7 Å². The van der Waals surface area contributed by atoms with Gasteiger partial charge in [-0.2, -0.15) is 0 Å². The molecule has 1 rings (SSSR count). The largest absolute Gasteiger partial charge is 0.480 e. The number of aromatic nitrogens is 1. The monoisotopic (exact) mass is 286 g/mol. The number of aliphatic carboxylic acids is 1. The summed E-state index contributed by atoms with van der Waals surface area (Å²) >= 11 is 3.31. The molecule has 1 heterocycles. The third-order valence-corrected chi connectivity index (χ3v) is 2.68. The van der Waals surface area contributed by atoms with Crippen molar-refractivity contribution >= 4 is 27.7 Å². The molecule has 1 atom stereocenters. The molecule has 0 saturated heterocycles. The second-order valence-corrected chi connectivity index (χ2v) is 4.45. The molecule has 16 heavy (non-hydrogen) atoms. The van der Waals surface area contributed by atoms with Gasteiger partial charge in [0.25, 0.3) is 0 Å². The minimum Gasteiger partial charge on any atom is -0.480 e. The molecule has 1 aromatic heterocycles. The highest BCUT2D eigenvalue weighted by molar-refractivity contribution is 9.10. The summed E-state index contributed by atoms with van der Waals surface area (Å²) < 4.78 is 0.879. The van der Waals surface area contributed by atoms with Crippen LogP contribution in [0.1, 0.15) is 26.2 Å². The minimum atomic E-state index is -0.838. The maximum atomic E-state index is 11.0.